The zero-order valence-electron chi connectivity index (χ0n) is 14.4. The largest absolute Gasteiger partial charge is 0.444 e. The molecule has 2 atom stereocenters. The molecule has 1 amide bonds. The number of nitrogens with one attached hydrogen (secondary N) is 1. The summed E-state index contributed by atoms with van der Waals surface area (Å²) in [4.78, 5) is 18.6. The summed E-state index contributed by atoms with van der Waals surface area (Å²) in [6.45, 7) is 6.39. The lowest BCUT2D eigenvalue weighted by Crippen LogP contribution is -2.55. The van der Waals surface area contributed by atoms with Crippen molar-refractivity contribution < 1.29 is 13.9 Å². The summed E-state index contributed by atoms with van der Waals surface area (Å²) >= 11 is 0. The third kappa shape index (κ3) is 3.86. The fourth-order valence-electron chi connectivity index (χ4n) is 3.05. The molecule has 1 fully saturated rings. The molecule has 6 heteroatoms. The lowest BCUT2D eigenvalue weighted by atomic mass is 10.0. The first-order valence-corrected chi connectivity index (χ1v) is 8.36. The second-order valence-electron chi connectivity index (χ2n) is 7.34. The molecule has 5 nitrogen and oxygen atoms in total. The standard InChI is InChI=1S/C18H24FN3O2/c1-18(2,3)24-17(23)21-15-11-22(9-8-13(15)19)16-10-12-6-4-5-7-14(12)20-16/h4-7,13,15H,8-11H2,1-3H3,(H,21,23)/t13-,15-/m1/s1. The number of amidine groups is 1. The predicted molar refractivity (Wildman–Crippen MR) is 91.5 cm³/mol. The second kappa shape index (κ2) is 6.42. The summed E-state index contributed by atoms with van der Waals surface area (Å²) in [7, 11) is 0. The molecule has 1 saturated heterocycles. The number of piperidine rings is 1. The number of aliphatic imine (C=N–C) groups is 1. The van der Waals surface area contributed by atoms with Crippen LogP contribution < -0.4 is 5.32 Å². The van der Waals surface area contributed by atoms with Crippen molar-refractivity contribution in [3.63, 3.8) is 0 Å². The molecule has 0 saturated carbocycles. The van der Waals surface area contributed by atoms with Gasteiger partial charge >= 0.3 is 6.09 Å². The minimum Gasteiger partial charge on any atom is -0.444 e. The Morgan fingerprint density at radius 1 is 1.38 bits per heavy atom. The number of benzene rings is 1. The normalized spacial score (nSPS) is 23.5. The third-order valence-corrected chi connectivity index (χ3v) is 4.19. The zero-order chi connectivity index (χ0) is 17.3. The number of likely N-dealkylation sites (tertiary alicyclic amines) is 1. The molecule has 1 aromatic rings. The molecule has 1 N–H and O–H groups in total. The number of nitrogens with zero attached hydrogens (tertiary/aromatic N) is 2. The van der Waals surface area contributed by atoms with Crippen LogP contribution in [0.5, 0.6) is 0 Å². The third-order valence-electron chi connectivity index (χ3n) is 4.19. The fourth-order valence-corrected chi connectivity index (χ4v) is 3.05. The van der Waals surface area contributed by atoms with Crippen molar-refractivity contribution in [3.05, 3.63) is 29.8 Å². The number of carbonyl (C=O) groups is 1. The van der Waals surface area contributed by atoms with Crippen LogP contribution in [0.2, 0.25) is 0 Å². The van der Waals surface area contributed by atoms with E-state index in [9.17, 15) is 9.18 Å². The number of para-hydroxylation sites is 1. The summed E-state index contributed by atoms with van der Waals surface area (Å²) in [5, 5.41) is 2.67. The Morgan fingerprint density at radius 3 is 2.83 bits per heavy atom. The van der Waals surface area contributed by atoms with E-state index in [4.69, 9.17) is 4.74 Å². The average molecular weight is 333 g/mol. The monoisotopic (exact) mass is 333 g/mol. The first-order valence-electron chi connectivity index (χ1n) is 8.36. The van der Waals surface area contributed by atoms with Crippen LogP contribution in [0.25, 0.3) is 0 Å². The van der Waals surface area contributed by atoms with Crippen LogP contribution in [-0.4, -0.2) is 47.7 Å². The molecular formula is C18H24FN3O2. The molecule has 2 aliphatic rings. The van der Waals surface area contributed by atoms with Gasteiger partial charge in [-0.25, -0.2) is 14.2 Å². The lowest BCUT2D eigenvalue weighted by Gasteiger charge is -2.36. The summed E-state index contributed by atoms with van der Waals surface area (Å²) in [6, 6.07) is 7.43. The molecule has 24 heavy (non-hydrogen) atoms. The molecule has 0 unspecified atom stereocenters. The predicted octanol–water partition coefficient (Wildman–Crippen LogP) is 3.21. The van der Waals surface area contributed by atoms with E-state index in [1.165, 1.54) is 5.56 Å². The van der Waals surface area contributed by atoms with Gasteiger partial charge in [0.1, 0.15) is 17.6 Å². The van der Waals surface area contributed by atoms with Gasteiger partial charge in [0.05, 0.1) is 11.7 Å². The summed E-state index contributed by atoms with van der Waals surface area (Å²) < 4.78 is 19.5. The Kier molecular flexibility index (Phi) is 4.47. The van der Waals surface area contributed by atoms with Gasteiger partial charge in [0.25, 0.3) is 0 Å². The molecule has 0 spiro atoms. The van der Waals surface area contributed by atoms with Crippen LogP contribution in [0, 0.1) is 0 Å². The maximum Gasteiger partial charge on any atom is 0.408 e. The maximum atomic E-state index is 14.2. The molecule has 0 aliphatic carbocycles. The Hall–Kier alpha value is -2.11. The molecule has 2 heterocycles. The van der Waals surface area contributed by atoms with E-state index < -0.39 is 23.9 Å². The van der Waals surface area contributed by atoms with Gasteiger partial charge in [-0.1, -0.05) is 18.2 Å². The number of hydrogen-bond donors (Lipinski definition) is 1. The minimum atomic E-state index is -1.07. The van der Waals surface area contributed by atoms with Gasteiger partial charge in [-0.2, -0.15) is 0 Å². The van der Waals surface area contributed by atoms with E-state index in [0.29, 0.717) is 19.5 Å². The highest BCUT2D eigenvalue weighted by atomic mass is 19.1. The number of alkyl halides is 1. The Labute approximate surface area is 141 Å². The van der Waals surface area contributed by atoms with Gasteiger partial charge in [-0.15, -0.1) is 0 Å². The van der Waals surface area contributed by atoms with Gasteiger partial charge in [-0.05, 0) is 38.8 Å². The lowest BCUT2D eigenvalue weighted by molar-refractivity contribution is 0.0431. The average Bonchev–Trinajstić information content (AvgIpc) is 2.91. The first kappa shape index (κ1) is 16.7. The number of halogens is 1. The summed E-state index contributed by atoms with van der Waals surface area (Å²) in [6.07, 6.45) is -0.519. The van der Waals surface area contributed by atoms with Crippen LogP contribution in [0.15, 0.2) is 29.3 Å². The first-order chi connectivity index (χ1) is 11.3. The Bertz CT molecular complexity index is 654. The molecule has 0 aromatic heterocycles. The number of carbonyl (C=O) groups excluding carboxylic acids is 1. The number of hydrogen-bond acceptors (Lipinski definition) is 4. The van der Waals surface area contributed by atoms with E-state index in [1.54, 1.807) is 20.8 Å². The van der Waals surface area contributed by atoms with Crippen LogP contribution in [-0.2, 0) is 11.2 Å². The highest BCUT2D eigenvalue weighted by Crippen LogP contribution is 2.28. The zero-order valence-corrected chi connectivity index (χ0v) is 14.4. The number of rotatable bonds is 1. The van der Waals surface area contributed by atoms with Gasteiger partial charge in [-0.3, -0.25) is 0 Å². The quantitative estimate of drug-likeness (QED) is 0.858. The Balaban J connectivity index is 1.63. The van der Waals surface area contributed by atoms with Crippen molar-refractivity contribution in [3.8, 4) is 0 Å². The number of amides is 1. The molecule has 130 valence electrons. The van der Waals surface area contributed by atoms with Gasteiger partial charge in [0.15, 0.2) is 0 Å². The number of ether oxygens (including phenoxy) is 1. The fraction of sp³-hybridized carbons (Fsp3) is 0.556. The van der Waals surface area contributed by atoms with Crippen molar-refractivity contribution in [2.75, 3.05) is 13.1 Å². The molecule has 2 aliphatic heterocycles. The van der Waals surface area contributed by atoms with E-state index in [1.807, 2.05) is 18.2 Å². The highest BCUT2D eigenvalue weighted by molar-refractivity contribution is 5.92. The highest BCUT2D eigenvalue weighted by Gasteiger charge is 2.34. The number of fused-ring (bicyclic) bond motifs is 1. The van der Waals surface area contributed by atoms with E-state index in [0.717, 1.165) is 17.9 Å². The van der Waals surface area contributed by atoms with Crippen molar-refractivity contribution >= 4 is 17.6 Å². The van der Waals surface area contributed by atoms with Crippen LogP contribution in [0.4, 0.5) is 14.9 Å². The summed E-state index contributed by atoms with van der Waals surface area (Å²) in [5.41, 5.74) is 1.57. The van der Waals surface area contributed by atoms with Gasteiger partial charge in [0.2, 0.25) is 0 Å². The summed E-state index contributed by atoms with van der Waals surface area (Å²) in [5.74, 6) is 0.944. The molecular weight excluding hydrogens is 309 g/mol. The van der Waals surface area contributed by atoms with Crippen molar-refractivity contribution in [2.24, 2.45) is 4.99 Å². The molecule has 0 bridgehead atoms. The topological polar surface area (TPSA) is 53.9 Å². The van der Waals surface area contributed by atoms with Crippen LogP contribution in [0.3, 0.4) is 0 Å². The SMILES string of the molecule is CC(C)(C)OC(=O)N[C@@H]1CN(C2=Nc3ccccc3C2)CC[C@H]1F. The number of alkyl carbamates (subject to hydrolysis) is 1. The van der Waals surface area contributed by atoms with Crippen molar-refractivity contribution in [1.29, 1.82) is 0 Å². The molecule has 3 rings (SSSR count). The molecule has 0 radical (unpaired) electrons. The van der Waals surface area contributed by atoms with Crippen molar-refractivity contribution in [2.45, 2.75) is 51.4 Å². The van der Waals surface area contributed by atoms with Crippen molar-refractivity contribution in [1.82, 2.24) is 10.2 Å². The smallest absolute Gasteiger partial charge is 0.408 e. The van der Waals surface area contributed by atoms with E-state index >= 15 is 0 Å². The van der Waals surface area contributed by atoms with Crippen LogP contribution >= 0.6 is 0 Å². The van der Waals surface area contributed by atoms with Gasteiger partial charge < -0.3 is 15.0 Å². The minimum absolute atomic E-state index is 0.371. The van der Waals surface area contributed by atoms with Crippen LogP contribution in [0.1, 0.15) is 32.8 Å². The van der Waals surface area contributed by atoms with E-state index in [-0.39, 0.29) is 0 Å². The van der Waals surface area contributed by atoms with E-state index in [2.05, 4.69) is 21.3 Å². The Morgan fingerprint density at radius 2 is 2.12 bits per heavy atom. The maximum absolute atomic E-state index is 14.2. The molecule has 1 aromatic carbocycles. The second-order valence-corrected chi connectivity index (χ2v) is 7.34. The van der Waals surface area contributed by atoms with Gasteiger partial charge in [0, 0.05) is 19.5 Å².